The van der Waals surface area contributed by atoms with Gasteiger partial charge in [0.25, 0.3) is 5.91 Å². The van der Waals surface area contributed by atoms with Gasteiger partial charge in [-0.2, -0.15) is 0 Å². The maximum Gasteiger partial charge on any atom is 0.288 e. The molecule has 1 aliphatic rings. The largest absolute Gasteiger partial charge is 0.451 e. The number of furan rings is 1. The number of amides is 3. The number of carbonyl (C=O) groups is 3. The molecule has 0 spiro atoms. The van der Waals surface area contributed by atoms with Crippen LogP contribution in [0.5, 0.6) is 0 Å². The quantitative estimate of drug-likeness (QED) is 0.0830. The van der Waals surface area contributed by atoms with Crippen molar-refractivity contribution in [1.82, 2.24) is 20.4 Å². The molecule has 0 bridgehead atoms. The Balaban J connectivity index is 1.28. The summed E-state index contributed by atoms with van der Waals surface area (Å²) in [6, 6.07) is 18.9. The second-order valence-corrected chi connectivity index (χ2v) is 10.2. The summed E-state index contributed by atoms with van der Waals surface area (Å²) >= 11 is 1.58. The number of nitrogens with one attached hydrogen (secondary N) is 3. The van der Waals surface area contributed by atoms with Crippen LogP contribution >= 0.6 is 11.9 Å². The van der Waals surface area contributed by atoms with E-state index < -0.39 is 11.8 Å². The molecule has 1 unspecified atom stereocenters. The third kappa shape index (κ3) is 8.19. The number of hydrogen-bond donors (Lipinski definition) is 3. The monoisotopic (exact) mass is 550 g/mol. The zero-order valence-corrected chi connectivity index (χ0v) is 22.8. The van der Waals surface area contributed by atoms with Crippen LogP contribution in [0.25, 0.3) is 11.3 Å². The molecule has 206 valence electrons. The van der Waals surface area contributed by atoms with E-state index in [1.54, 1.807) is 24.1 Å². The summed E-state index contributed by atoms with van der Waals surface area (Å²) in [6.07, 6.45) is 4.03. The first-order valence-electron chi connectivity index (χ1n) is 13.1. The number of unbranched alkanes of at least 4 members (excludes halogenated alkanes) is 2. The minimum atomic E-state index is -0.475. The van der Waals surface area contributed by atoms with Gasteiger partial charge in [0.2, 0.25) is 12.3 Å². The van der Waals surface area contributed by atoms with Crippen molar-refractivity contribution in [3.8, 4) is 11.3 Å². The molecule has 1 atom stereocenters. The molecule has 3 N–H and O–H groups in total. The topological polar surface area (TPSA) is 113 Å². The SMILES string of the molecule is CCCCCC(CN(C=O)OCc1ccccc1)C(=O)NCNC(=O)c1ccc(-c2ccc3c(c2)SNC3)o1. The molecule has 1 aliphatic heterocycles. The molecule has 9 nitrogen and oxygen atoms in total. The van der Waals surface area contributed by atoms with Crippen LogP contribution in [0.4, 0.5) is 0 Å². The molecule has 1 aromatic heterocycles. The molecule has 2 aromatic carbocycles. The molecule has 0 saturated heterocycles. The Bertz CT molecular complexity index is 1250. The fraction of sp³-hybridized carbons (Fsp3) is 0.345. The lowest BCUT2D eigenvalue weighted by molar-refractivity contribution is -0.182. The highest BCUT2D eigenvalue weighted by Crippen LogP contribution is 2.32. The van der Waals surface area contributed by atoms with Gasteiger partial charge in [-0.25, -0.2) is 5.06 Å². The molecule has 0 saturated carbocycles. The zero-order chi connectivity index (χ0) is 27.5. The van der Waals surface area contributed by atoms with Crippen molar-refractivity contribution >= 4 is 30.2 Å². The fourth-order valence-corrected chi connectivity index (χ4v) is 5.06. The third-order valence-electron chi connectivity index (χ3n) is 6.42. The van der Waals surface area contributed by atoms with E-state index in [0.717, 1.165) is 41.8 Å². The van der Waals surface area contributed by atoms with Crippen LogP contribution in [0.15, 0.2) is 70.0 Å². The third-order valence-corrected chi connectivity index (χ3v) is 7.31. The minimum Gasteiger partial charge on any atom is -0.451 e. The maximum atomic E-state index is 13.0. The number of hydrogen-bond acceptors (Lipinski definition) is 7. The first kappa shape index (κ1) is 28.4. The highest BCUT2D eigenvalue weighted by molar-refractivity contribution is 7.97. The predicted octanol–water partition coefficient (Wildman–Crippen LogP) is 4.65. The van der Waals surface area contributed by atoms with Gasteiger partial charge < -0.3 is 15.1 Å². The maximum absolute atomic E-state index is 13.0. The van der Waals surface area contributed by atoms with Crippen LogP contribution < -0.4 is 15.4 Å². The van der Waals surface area contributed by atoms with Gasteiger partial charge in [-0.3, -0.25) is 23.9 Å². The summed E-state index contributed by atoms with van der Waals surface area (Å²) in [4.78, 5) is 44.0. The second-order valence-electron chi connectivity index (χ2n) is 9.29. The number of fused-ring (bicyclic) bond motifs is 1. The van der Waals surface area contributed by atoms with Crippen LogP contribution in [-0.4, -0.2) is 36.5 Å². The molecule has 3 amide bonds. The van der Waals surface area contributed by atoms with Crippen LogP contribution in [-0.2, 0) is 27.6 Å². The summed E-state index contributed by atoms with van der Waals surface area (Å²) < 4.78 is 9.01. The molecule has 2 heterocycles. The van der Waals surface area contributed by atoms with Gasteiger partial charge in [-0.1, -0.05) is 68.7 Å². The molecule has 0 fully saturated rings. The second kappa shape index (κ2) is 14.5. The van der Waals surface area contributed by atoms with Gasteiger partial charge in [-0.15, -0.1) is 0 Å². The van der Waals surface area contributed by atoms with E-state index in [4.69, 9.17) is 9.25 Å². The van der Waals surface area contributed by atoms with E-state index in [-0.39, 0.29) is 31.5 Å². The van der Waals surface area contributed by atoms with Gasteiger partial charge in [0.15, 0.2) is 5.76 Å². The Morgan fingerprint density at radius 2 is 1.97 bits per heavy atom. The van der Waals surface area contributed by atoms with Gasteiger partial charge in [0, 0.05) is 17.0 Å². The number of rotatable bonds is 15. The Morgan fingerprint density at radius 3 is 2.77 bits per heavy atom. The fourth-order valence-electron chi connectivity index (χ4n) is 4.22. The van der Waals surface area contributed by atoms with Crippen LogP contribution in [0, 0.1) is 5.92 Å². The standard InChI is InChI=1S/C29H34N4O5S/c1-2-3-5-10-24(17-33(20-34)37-18-21-8-6-4-7-9-21)28(35)30-19-31-29(36)26-14-13-25(38-26)22-11-12-23-16-32-39-27(23)15-22/h4,6-9,11-15,20,24,32H,2-3,5,10,16-19H2,1H3,(H,30,35)(H,31,36). The predicted molar refractivity (Wildman–Crippen MR) is 149 cm³/mol. The number of benzene rings is 2. The van der Waals surface area contributed by atoms with E-state index >= 15 is 0 Å². The summed E-state index contributed by atoms with van der Waals surface area (Å²) in [5, 5.41) is 6.61. The Labute approximate surface area is 232 Å². The summed E-state index contributed by atoms with van der Waals surface area (Å²) in [5.41, 5.74) is 3.05. The highest BCUT2D eigenvalue weighted by atomic mass is 32.2. The average Bonchev–Trinajstić information content (AvgIpc) is 3.64. The van der Waals surface area contributed by atoms with E-state index in [9.17, 15) is 14.4 Å². The van der Waals surface area contributed by atoms with Crippen molar-refractivity contribution in [3.05, 3.63) is 77.6 Å². The smallest absolute Gasteiger partial charge is 0.288 e. The average molecular weight is 551 g/mol. The lowest BCUT2D eigenvalue weighted by Crippen LogP contribution is -2.43. The molecule has 3 aromatic rings. The first-order chi connectivity index (χ1) is 19.1. The van der Waals surface area contributed by atoms with Crippen molar-refractivity contribution in [1.29, 1.82) is 0 Å². The van der Waals surface area contributed by atoms with Crippen LogP contribution in [0.1, 0.15) is 54.3 Å². The summed E-state index contributed by atoms with van der Waals surface area (Å²) in [6.45, 7) is 3.20. The van der Waals surface area contributed by atoms with Crippen LogP contribution in [0.3, 0.4) is 0 Å². The van der Waals surface area contributed by atoms with Crippen molar-refractivity contribution < 1.29 is 23.6 Å². The summed E-state index contributed by atoms with van der Waals surface area (Å²) in [5.74, 6) is -0.406. The first-order valence-corrected chi connectivity index (χ1v) is 14.0. The van der Waals surface area contributed by atoms with Crippen molar-refractivity contribution in [2.24, 2.45) is 5.92 Å². The Hall–Kier alpha value is -3.60. The lowest BCUT2D eigenvalue weighted by atomic mass is 10.0. The molecule has 0 aliphatic carbocycles. The van der Waals surface area contributed by atoms with E-state index in [1.165, 1.54) is 10.6 Å². The van der Waals surface area contributed by atoms with Gasteiger partial charge in [-0.05, 0) is 47.7 Å². The lowest BCUT2D eigenvalue weighted by Gasteiger charge is -2.23. The van der Waals surface area contributed by atoms with E-state index in [1.807, 2.05) is 48.5 Å². The number of nitrogens with zero attached hydrogens (tertiary/aromatic N) is 1. The Kier molecular flexibility index (Phi) is 10.6. The van der Waals surface area contributed by atoms with E-state index in [0.29, 0.717) is 18.6 Å². The minimum absolute atomic E-state index is 0.0644. The highest BCUT2D eigenvalue weighted by Gasteiger charge is 2.22. The van der Waals surface area contributed by atoms with Gasteiger partial charge >= 0.3 is 0 Å². The molecule has 4 rings (SSSR count). The van der Waals surface area contributed by atoms with Crippen molar-refractivity contribution in [2.75, 3.05) is 13.2 Å². The van der Waals surface area contributed by atoms with Gasteiger partial charge in [0.05, 0.1) is 19.1 Å². The van der Waals surface area contributed by atoms with Crippen molar-refractivity contribution in [2.45, 2.75) is 50.7 Å². The van der Waals surface area contributed by atoms with Crippen LogP contribution in [0.2, 0.25) is 0 Å². The molecule has 10 heteroatoms. The number of carbonyl (C=O) groups excluding carboxylic acids is 3. The molecular formula is C29H34N4O5S. The molecular weight excluding hydrogens is 516 g/mol. The zero-order valence-electron chi connectivity index (χ0n) is 22.0. The number of hydroxylamine groups is 2. The van der Waals surface area contributed by atoms with Gasteiger partial charge in [0.1, 0.15) is 12.4 Å². The molecule has 39 heavy (non-hydrogen) atoms. The van der Waals surface area contributed by atoms with Crippen molar-refractivity contribution in [3.63, 3.8) is 0 Å². The molecule has 0 radical (unpaired) electrons. The van der Waals surface area contributed by atoms with E-state index in [2.05, 4.69) is 22.3 Å². The normalized spacial score (nSPS) is 12.9. The Morgan fingerprint density at radius 1 is 1.13 bits per heavy atom. The summed E-state index contributed by atoms with van der Waals surface area (Å²) in [7, 11) is 0.